The van der Waals surface area contributed by atoms with Gasteiger partial charge in [0.05, 0.1) is 24.2 Å². The van der Waals surface area contributed by atoms with Crippen molar-refractivity contribution in [3.8, 4) is 5.75 Å². The van der Waals surface area contributed by atoms with Crippen molar-refractivity contribution in [1.29, 1.82) is 0 Å². The lowest BCUT2D eigenvalue weighted by molar-refractivity contribution is -0.492. The van der Waals surface area contributed by atoms with Gasteiger partial charge >= 0.3 is 12.1 Å². The van der Waals surface area contributed by atoms with Crippen LogP contribution in [0.25, 0.3) is 0 Å². The lowest BCUT2D eigenvalue weighted by Crippen LogP contribution is -2.69. The molecule has 0 aliphatic heterocycles. The van der Waals surface area contributed by atoms with Crippen LogP contribution in [0.2, 0.25) is 0 Å². The van der Waals surface area contributed by atoms with Crippen LogP contribution in [0.15, 0.2) is 48.1 Å². The fourth-order valence-electron chi connectivity index (χ4n) is 8.33. The van der Waals surface area contributed by atoms with E-state index in [1.54, 1.807) is 19.1 Å². The number of hydrogen-bond acceptors (Lipinski definition) is 13. The van der Waals surface area contributed by atoms with Crippen LogP contribution in [-0.4, -0.2) is 98.0 Å². The maximum absolute atomic E-state index is 17.2. The second kappa shape index (κ2) is 12.8. The zero-order valence-electron chi connectivity index (χ0n) is 25.9. The van der Waals surface area contributed by atoms with Crippen molar-refractivity contribution in [2.24, 2.45) is 22.7 Å². The van der Waals surface area contributed by atoms with Crippen molar-refractivity contribution < 1.29 is 63.6 Å². The molecular weight excluding hydrogens is 623 g/mol. The third-order valence-corrected chi connectivity index (χ3v) is 10.7. The number of carbonyl (C=O) groups excluding carboxylic acids is 4. The van der Waals surface area contributed by atoms with E-state index in [-0.39, 0.29) is 43.8 Å². The highest BCUT2D eigenvalue weighted by Gasteiger charge is 2.76. The molecule has 4 aliphatic rings. The smallest absolute Gasteiger partial charge is 0.413 e. The number of ether oxygens (including phenoxy) is 2. The van der Waals surface area contributed by atoms with Gasteiger partial charge in [-0.2, -0.15) is 0 Å². The molecule has 0 unspecified atom stereocenters. The standard InChI is InChI=1S/C32H39FN2O12/c1-29-10-8-20(36)13-19(29)6-7-22-23-14-24(37)32(42,30(23,2)15-25(38)31(22,29)33)26(39)17-45-27(40)16-34-28(41)47-21-5-3-4-18(12-21)9-11-46-35(43)44/h3-5,8,10,12-13,22-25,37-38,42-44H,6-7,9,11,14-17H2,1-2H3,(H,34,41)/t22-,23-,24+,25-,29-,30-,31-,32-/m0/s1. The molecule has 5 rings (SSSR count). The lowest BCUT2D eigenvalue weighted by Gasteiger charge is -2.62. The Balaban J connectivity index is 1.19. The molecule has 0 saturated heterocycles. The number of carbonyl (C=O) groups is 4. The van der Waals surface area contributed by atoms with Crippen molar-refractivity contribution >= 4 is 23.6 Å². The summed E-state index contributed by atoms with van der Waals surface area (Å²) in [7, 11) is 0. The number of rotatable bonds is 10. The first kappa shape index (κ1) is 34.8. The van der Waals surface area contributed by atoms with E-state index in [2.05, 4.69) is 10.2 Å². The highest BCUT2D eigenvalue weighted by atomic mass is 19.1. The largest absolute Gasteiger partial charge is 0.456 e. The van der Waals surface area contributed by atoms with E-state index in [1.807, 2.05) is 0 Å². The quantitative estimate of drug-likeness (QED) is 0.155. The Hall–Kier alpha value is -3.57. The summed E-state index contributed by atoms with van der Waals surface area (Å²) in [6.45, 7) is 1.43. The second-order valence-electron chi connectivity index (χ2n) is 13.1. The fraction of sp³-hybridized carbons (Fsp3) is 0.562. The lowest BCUT2D eigenvalue weighted by atomic mass is 9.44. The molecule has 0 spiro atoms. The van der Waals surface area contributed by atoms with Crippen molar-refractivity contribution in [2.75, 3.05) is 19.8 Å². The number of amides is 1. The van der Waals surface area contributed by atoms with Crippen molar-refractivity contribution in [2.45, 2.75) is 69.4 Å². The van der Waals surface area contributed by atoms with E-state index in [4.69, 9.17) is 19.9 Å². The Morgan fingerprint density at radius 1 is 1.13 bits per heavy atom. The molecule has 15 heteroatoms. The molecule has 0 aromatic heterocycles. The number of hydrogen-bond donors (Lipinski definition) is 6. The van der Waals surface area contributed by atoms with Crippen LogP contribution in [-0.2, 0) is 30.4 Å². The number of ketones is 2. The first-order valence-corrected chi connectivity index (χ1v) is 15.3. The third-order valence-electron chi connectivity index (χ3n) is 10.7. The summed E-state index contributed by atoms with van der Waals surface area (Å²) in [6, 6.07) is 6.22. The summed E-state index contributed by atoms with van der Waals surface area (Å²) in [5, 5.41) is 53.2. The molecule has 1 aromatic carbocycles. The van der Waals surface area contributed by atoms with E-state index in [9.17, 15) is 34.5 Å². The van der Waals surface area contributed by atoms with E-state index < -0.39 is 82.5 Å². The van der Waals surface area contributed by atoms with Gasteiger partial charge in [0.25, 0.3) is 0 Å². The number of allylic oxidation sites excluding steroid dienone is 4. The highest BCUT2D eigenvalue weighted by Crippen LogP contribution is 2.69. The van der Waals surface area contributed by atoms with Gasteiger partial charge in [-0.1, -0.05) is 30.7 Å². The summed E-state index contributed by atoms with van der Waals surface area (Å²) in [4.78, 5) is 54.6. The van der Waals surface area contributed by atoms with Gasteiger partial charge in [-0.3, -0.25) is 29.6 Å². The molecule has 47 heavy (non-hydrogen) atoms. The van der Waals surface area contributed by atoms with Crippen LogP contribution in [0.4, 0.5) is 9.18 Å². The Morgan fingerprint density at radius 2 is 1.87 bits per heavy atom. The first-order valence-electron chi connectivity index (χ1n) is 15.3. The molecule has 3 fully saturated rings. The monoisotopic (exact) mass is 662 g/mol. The summed E-state index contributed by atoms with van der Waals surface area (Å²) in [5.74, 6) is -3.79. The zero-order chi connectivity index (χ0) is 34.4. The number of halogens is 1. The maximum Gasteiger partial charge on any atom is 0.413 e. The predicted octanol–water partition coefficient (Wildman–Crippen LogP) is 1.51. The number of nitrogens with zero attached hydrogens (tertiary/aromatic N) is 1. The van der Waals surface area contributed by atoms with E-state index in [0.29, 0.717) is 17.6 Å². The summed E-state index contributed by atoms with van der Waals surface area (Å²) >= 11 is 0. The molecule has 4 aliphatic carbocycles. The minimum atomic E-state index is -2.47. The number of aliphatic hydroxyl groups excluding tert-OH is 2. The maximum atomic E-state index is 17.2. The van der Waals surface area contributed by atoms with Gasteiger partial charge in [0.2, 0.25) is 5.78 Å². The Labute approximate surface area is 269 Å². The van der Waals surface area contributed by atoms with E-state index in [0.717, 1.165) is 0 Å². The number of Topliss-reactive ketones (excluding diaryl/α,β-unsaturated/α-hetero) is 1. The van der Waals surface area contributed by atoms with Crippen LogP contribution in [0.3, 0.4) is 0 Å². The van der Waals surface area contributed by atoms with Gasteiger partial charge in [0.15, 0.2) is 23.7 Å². The normalized spacial score (nSPS) is 35.8. The molecule has 1 aromatic rings. The average Bonchev–Trinajstić information content (AvgIpc) is 3.21. The van der Waals surface area contributed by atoms with Crippen molar-refractivity contribution in [3.05, 3.63) is 53.6 Å². The van der Waals surface area contributed by atoms with Crippen molar-refractivity contribution in [3.63, 3.8) is 0 Å². The van der Waals surface area contributed by atoms with E-state index in [1.165, 1.54) is 37.3 Å². The minimum Gasteiger partial charge on any atom is -0.456 e. The molecule has 3 saturated carbocycles. The number of fused-ring (bicyclic) bond motifs is 5. The van der Waals surface area contributed by atoms with Crippen LogP contribution in [0, 0.1) is 22.7 Å². The van der Waals surface area contributed by atoms with Gasteiger partial charge in [0.1, 0.15) is 12.3 Å². The number of esters is 1. The van der Waals surface area contributed by atoms with Crippen LogP contribution < -0.4 is 10.1 Å². The highest BCUT2D eigenvalue weighted by molar-refractivity contribution is 6.01. The van der Waals surface area contributed by atoms with Gasteiger partial charge < -0.3 is 30.1 Å². The van der Waals surface area contributed by atoms with Crippen molar-refractivity contribution in [1.82, 2.24) is 10.7 Å². The van der Waals surface area contributed by atoms with Crippen LogP contribution >= 0.6 is 0 Å². The molecule has 0 radical (unpaired) electrons. The molecular formula is C32H39FN2O12. The second-order valence-corrected chi connectivity index (χ2v) is 13.1. The number of aliphatic hydroxyl groups is 3. The van der Waals surface area contributed by atoms with Crippen LogP contribution in [0.5, 0.6) is 5.75 Å². The molecule has 0 bridgehead atoms. The zero-order valence-corrected chi connectivity index (χ0v) is 25.9. The first-order chi connectivity index (χ1) is 22.1. The third kappa shape index (κ3) is 5.90. The van der Waals surface area contributed by atoms with Gasteiger partial charge in [-0.15, -0.1) is 0 Å². The minimum absolute atomic E-state index is 0.0738. The van der Waals surface area contributed by atoms with Gasteiger partial charge in [0, 0.05) is 16.7 Å². The SMILES string of the molecule is C[C@]12C=CC(=O)C=C1CC[C@H]1[C@@H]3C[C@@H](O)[C@](O)(C(=O)COC(=O)CNC(=O)Oc4cccc(CCON(O)O)c4)[C@@]3(C)C[C@H](O)[C@@]12F. The molecule has 1 amide bonds. The summed E-state index contributed by atoms with van der Waals surface area (Å²) in [5.41, 5.74) is -6.24. The molecule has 6 N–H and O–H groups in total. The summed E-state index contributed by atoms with van der Waals surface area (Å²) in [6.07, 6.45) is 0.214. The number of alkyl halides is 1. The summed E-state index contributed by atoms with van der Waals surface area (Å²) < 4.78 is 27.4. The fourth-order valence-corrected chi connectivity index (χ4v) is 8.33. The van der Waals surface area contributed by atoms with Gasteiger partial charge in [-0.05, 0) is 74.8 Å². The Morgan fingerprint density at radius 3 is 2.60 bits per heavy atom. The molecule has 14 nitrogen and oxygen atoms in total. The number of benzene rings is 1. The Kier molecular flexibility index (Phi) is 9.47. The van der Waals surface area contributed by atoms with Gasteiger partial charge in [-0.25, -0.2) is 9.18 Å². The average molecular weight is 663 g/mol. The predicted molar refractivity (Wildman–Crippen MR) is 156 cm³/mol. The number of nitrogens with one attached hydrogen (secondary N) is 1. The van der Waals surface area contributed by atoms with E-state index >= 15 is 4.39 Å². The topological polar surface area (TPSA) is 212 Å². The Bertz CT molecular complexity index is 1500. The molecule has 256 valence electrons. The molecule has 8 atom stereocenters. The molecule has 0 heterocycles. The van der Waals surface area contributed by atoms with Crippen LogP contribution in [0.1, 0.15) is 45.1 Å².